The van der Waals surface area contributed by atoms with Gasteiger partial charge in [0, 0.05) is 5.92 Å². The first-order valence-electron chi connectivity index (χ1n) is 8.28. The topological polar surface area (TPSA) is 132 Å². The number of nitrogens with zero attached hydrogens (tertiary/aromatic N) is 1. The van der Waals surface area contributed by atoms with Gasteiger partial charge < -0.3 is 19.5 Å². The molecule has 1 aromatic carbocycles. The molecule has 10 heteroatoms. The number of hydrogen-bond donors (Lipinski definition) is 1. The maximum absolute atomic E-state index is 12.6. The van der Waals surface area contributed by atoms with Crippen molar-refractivity contribution in [3.63, 3.8) is 0 Å². The minimum Gasteiger partial charge on any atom is -0.468 e. The maximum Gasteiger partial charge on any atom is 0.337 e. The van der Waals surface area contributed by atoms with E-state index in [9.17, 15) is 24.4 Å². The molecule has 0 saturated carbocycles. The Hall–Kier alpha value is -3.32. The first-order valence-corrected chi connectivity index (χ1v) is 9.27. The third-order valence-electron chi connectivity index (χ3n) is 4.24. The summed E-state index contributed by atoms with van der Waals surface area (Å²) in [6.45, 7) is 0. The van der Waals surface area contributed by atoms with E-state index in [1.165, 1.54) is 38.5 Å². The Labute approximate surface area is 171 Å². The van der Waals surface area contributed by atoms with Crippen molar-refractivity contribution in [3.8, 4) is 6.07 Å². The molecule has 0 saturated heterocycles. The van der Waals surface area contributed by atoms with E-state index in [2.05, 4.69) is 14.8 Å². The van der Waals surface area contributed by atoms with Crippen LogP contribution in [0.2, 0.25) is 0 Å². The Kier molecular flexibility index (Phi) is 7.39. The number of rotatable bonds is 6. The Balaban J connectivity index is 2.53. The summed E-state index contributed by atoms with van der Waals surface area (Å²) in [4.78, 5) is 48.0. The number of methoxy groups -OCH3 is 3. The summed E-state index contributed by atoms with van der Waals surface area (Å²) in [6, 6.07) is 8.02. The Bertz CT molecular complexity index is 902. The van der Waals surface area contributed by atoms with E-state index in [-0.39, 0.29) is 21.9 Å². The van der Waals surface area contributed by atoms with Crippen molar-refractivity contribution >= 4 is 35.6 Å². The standard InChI is InChI=1S/C19H18N2O7S/c1-26-13(22)9-29-17-12(8-20)14(15(16(23)21-17)19(25)28-3)10-4-6-11(7-5-10)18(24)27-2/h4-7,14-15H,9H2,1-3H3,(H,21,23)/t14-,15+/m0/s1. The molecule has 0 fully saturated rings. The van der Waals surface area contributed by atoms with Gasteiger partial charge in [0.05, 0.1) is 49.3 Å². The summed E-state index contributed by atoms with van der Waals surface area (Å²) in [5.41, 5.74) is 0.823. The van der Waals surface area contributed by atoms with Crippen molar-refractivity contribution < 1.29 is 33.4 Å². The second-order valence-electron chi connectivity index (χ2n) is 5.80. The largest absolute Gasteiger partial charge is 0.468 e. The van der Waals surface area contributed by atoms with Gasteiger partial charge in [-0.1, -0.05) is 23.9 Å². The first-order chi connectivity index (χ1) is 13.9. The van der Waals surface area contributed by atoms with Gasteiger partial charge in [0.2, 0.25) is 5.91 Å². The van der Waals surface area contributed by atoms with Crippen LogP contribution >= 0.6 is 11.8 Å². The van der Waals surface area contributed by atoms with E-state index < -0.39 is 35.7 Å². The van der Waals surface area contributed by atoms with Crippen molar-refractivity contribution in [2.75, 3.05) is 27.1 Å². The molecule has 1 aliphatic heterocycles. The molecular formula is C19H18N2O7S. The Morgan fingerprint density at radius 3 is 2.28 bits per heavy atom. The van der Waals surface area contributed by atoms with Crippen LogP contribution in [-0.4, -0.2) is 50.9 Å². The molecule has 0 unspecified atom stereocenters. The van der Waals surface area contributed by atoms with Gasteiger partial charge in [-0.3, -0.25) is 14.4 Å². The fourth-order valence-electron chi connectivity index (χ4n) is 2.81. The van der Waals surface area contributed by atoms with Gasteiger partial charge in [-0.25, -0.2) is 4.79 Å². The van der Waals surface area contributed by atoms with E-state index in [0.29, 0.717) is 5.56 Å². The highest BCUT2D eigenvalue weighted by Crippen LogP contribution is 2.40. The molecular weight excluding hydrogens is 400 g/mol. The lowest BCUT2D eigenvalue weighted by molar-refractivity contribution is -0.150. The lowest BCUT2D eigenvalue weighted by atomic mass is 9.78. The normalized spacial score (nSPS) is 18.3. The molecule has 1 aromatic rings. The van der Waals surface area contributed by atoms with Gasteiger partial charge >= 0.3 is 17.9 Å². The molecule has 0 radical (unpaired) electrons. The number of hydrogen-bond acceptors (Lipinski definition) is 9. The van der Waals surface area contributed by atoms with Gasteiger partial charge in [-0.2, -0.15) is 5.26 Å². The summed E-state index contributed by atoms with van der Waals surface area (Å²) in [5, 5.41) is 12.4. The van der Waals surface area contributed by atoms with Gasteiger partial charge in [0.25, 0.3) is 0 Å². The van der Waals surface area contributed by atoms with E-state index >= 15 is 0 Å². The number of carbonyl (C=O) groups is 4. The average molecular weight is 418 g/mol. The minimum atomic E-state index is -1.30. The molecule has 2 atom stereocenters. The lowest BCUT2D eigenvalue weighted by Crippen LogP contribution is -2.44. The Morgan fingerprint density at radius 1 is 1.10 bits per heavy atom. The van der Waals surface area contributed by atoms with Crippen molar-refractivity contribution in [1.82, 2.24) is 5.32 Å². The smallest absolute Gasteiger partial charge is 0.337 e. The number of nitrogens with one attached hydrogen (secondary N) is 1. The third-order valence-corrected chi connectivity index (χ3v) is 5.23. The van der Waals surface area contributed by atoms with Crippen LogP contribution in [0.1, 0.15) is 21.8 Å². The van der Waals surface area contributed by atoms with Crippen LogP contribution in [-0.2, 0) is 28.6 Å². The zero-order chi connectivity index (χ0) is 21.6. The molecule has 2 rings (SSSR count). The zero-order valence-corrected chi connectivity index (χ0v) is 16.7. The highest BCUT2D eigenvalue weighted by atomic mass is 32.2. The summed E-state index contributed by atoms with van der Waals surface area (Å²) in [6.07, 6.45) is 0. The molecule has 29 heavy (non-hydrogen) atoms. The molecule has 1 aliphatic rings. The van der Waals surface area contributed by atoms with Crippen molar-refractivity contribution in [2.45, 2.75) is 5.92 Å². The molecule has 0 spiro atoms. The van der Waals surface area contributed by atoms with Crippen LogP contribution in [0.25, 0.3) is 0 Å². The molecule has 0 aliphatic carbocycles. The molecule has 152 valence electrons. The number of carbonyl (C=O) groups excluding carboxylic acids is 4. The van der Waals surface area contributed by atoms with E-state index in [4.69, 9.17) is 4.74 Å². The average Bonchev–Trinajstić information content (AvgIpc) is 2.75. The van der Waals surface area contributed by atoms with Gasteiger partial charge in [-0.15, -0.1) is 0 Å². The number of thioether (sulfide) groups is 1. The number of esters is 3. The number of ether oxygens (including phenoxy) is 3. The van der Waals surface area contributed by atoms with Crippen molar-refractivity contribution in [1.29, 1.82) is 5.26 Å². The Morgan fingerprint density at radius 2 is 1.76 bits per heavy atom. The summed E-state index contributed by atoms with van der Waals surface area (Å²) < 4.78 is 14.0. The second kappa shape index (κ2) is 9.75. The van der Waals surface area contributed by atoms with Crippen LogP contribution in [0.4, 0.5) is 0 Å². The zero-order valence-electron chi connectivity index (χ0n) is 15.9. The van der Waals surface area contributed by atoms with Crippen LogP contribution < -0.4 is 5.32 Å². The highest BCUT2D eigenvalue weighted by molar-refractivity contribution is 8.03. The third kappa shape index (κ3) is 4.75. The van der Waals surface area contributed by atoms with Crippen LogP contribution in [0.15, 0.2) is 34.9 Å². The highest BCUT2D eigenvalue weighted by Gasteiger charge is 2.44. The first kappa shape index (κ1) is 22.0. The number of nitriles is 1. The van der Waals surface area contributed by atoms with Crippen LogP contribution in [0.5, 0.6) is 0 Å². The predicted molar refractivity (Wildman–Crippen MR) is 101 cm³/mol. The van der Waals surface area contributed by atoms with E-state index in [0.717, 1.165) is 18.9 Å². The quantitative estimate of drug-likeness (QED) is 0.410. The van der Waals surface area contributed by atoms with E-state index in [1.54, 1.807) is 0 Å². The maximum atomic E-state index is 12.6. The van der Waals surface area contributed by atoms with Gasteiger partial charge in [-0.05, 0) is 17.7 Å². The lowest BCUT2D eigenvalue weighted by Gasteiger charge is -2.30. The van der Waals surface area contributed by atoms with Gasteiger partial charge in [0.1, 0.15) is 5.92 Å². The predicted octanol–water partition coefficient (Wildman–Crippen LogP) is 1.12. The van der Waals surface area contributed by atoms with Gasteiger partial charge in [0.15, 0.2) is 0 Å². The monoisotopic (exact) mass is 418 g/mol. The summed E-state index contributed by atoms with van der Waals surface area (Å²) in [5.74, 6) is -4.95. The van der Waals surface area contributed by atoms with Crippen molar-refractivity contribution in [2.24, 2.45) is 5.92 Å². The number of amides is 1. The molecule has 0 aromatic heterocycles. The van der Waals surface area contributed by atoms with Crippen LogP contribution in [0.3, 0.4) is 0 Å². The second-order valence-corrected chi connectivity index (χ2v) is 6.79. The number of allylic oxidation sites excluding steroid dienone is 1. The number of benzene rings is 1. The van der Waals surface area contributed by atoms with Crippen molar-refractivity contribution in [3.05, 3.63) is 46.0 Å². The van der Waals surface area contributed by atoms with Crippen LogP contribution in [0, 0.1) is 17.2 Å². The molecule has 1 heterocycles. The van der Waals surface area contributed by atoms with E-state index in [1.807, 2.05) is 6.07 Å². The fraction of sp³-hybridized carbons (Fsp3) is 0.316. The molecule has 9 nitrogen and oxygen atoms in total. The molecule has 0 bridgehead atoms. The summed E-state index contributed by atoms with van der Waals surface area (Å²) in [7, 11) is 3.61. The molecule has 1 amide bonds. The molecule has 1 N–H and O–H groups in total. The fourth-order valence-corrected chi connectivity index (χ4v) is 3.69. The summed E-state index contributed by atoms with van der Waals surface area (Å²) >= 11 is 0.922. The SMILES string of the molecule is COC(=O)CSC1=C(C#N)[C@H](c2ccc(C(=O)OC)cc2)[C@@H](C(=O)OC)C(=O)N1. The minimum absolute atomic E-state index is 0.0970.